The second-order valence-corrected chi connectivity index (χ2v) is 4.60. The van der Waals surface area contributed by atoms with Crippen molar-refractivity contribution >= 4 is 17.7 Å². The molecule has 0 aliphatic rings. The van der Waals surface area contributed by atoms with E-state index in [2.05, 4.69) is 4.74 Å². The maximum atomic E-state index is 11.2. The highest BCUT2D eigenvalue weighted by atomic mass is 16.6. The van der Waals surface area contributed by atoms with Crippen LogP contribution in [0.4, 0.5) is 0 Å². The summed E-state index contributed by atoms with van der Waals surface area (Å²) >= 11 is 0. The van der Waals surface area contributed by atoms with Crippen LogP contribution < -0.4 is 0 Å². The lowest BCUT2D eigenvalue weighted by Gasteiger charge is -2.19. The molecule has 0 fully saturated rings. The second kappa shape index (κ2) is 7.81. The number of hydrogen-bond donors (Lipinski definition) is 0. The van der Waals surface area contributed by atoms with Crippen LogP contribution in [0.5, 0.6) is 0 Å². The van der Waals surface area contributed by atoms with Crippen LogP contribution in [0.25, 0.3) is 0 Å². The smallest absolute Gasteiger partial charge is 0.332 e. The number of carbonyl (C=O) groups excluding carboxylic acids is 3. The molecule has 0 saturated carbocycles. The summed E-state index contributed by atoms with van der Waals surface area (Å²) in [7, 11) is 0. The Labute approximate surface area is 107 Å². The molecule has 0 atom stereocenters. The van der Waals surface area contributed by atoms with Gasteiger partial charge in [-0.05, 0) is 27.7 Å². The lowest BCUT2D eigenvalue weighted by molar-refractivity contribution is -0.160. The molecule has 0 amide bonds. The quantitative estimate of drug-likeness (QED) is 0.499. The Bertz CT molecular complexity index is 302. The van der Waals surface area contributed by atoms with Gasteiger partial charge in [0.05, 0.1) is 6.61 Å². The molecule has 0 aromatic carbocycles. The van der Waals surface area contributed by atoms with E-state index >= 15 is 0 Å². The lowest BCUT2D eigenvalue weighted by atomic mass is 10.2. The largest absolute Gasteiger partial charge is 0.466 e. The standard InChI is InChI=1S/C12H20O6/c1-5-17-10(14)6-9(13)7-16-8-11(15)18-12(2,3)4/h5-8H2,1-4H3. The van der Waals surface area contributed by atoms with Gasteiger partial charge in [0, 0.05) is 0 Å². The number of carbonyl (C=O) groups is 3. The zero-order chi connectivity index (χ0) is 14.2. The van der Waals surface area contributed by atoms with Gasteiger partial charge in [-0.3, -0.25) is 9.59 Å². The molecule has 0 N–H and O–H groups in total. The minimum atomic E-state index is -0.594. The van der Waals surface area contributed by atoms with E-state index in [0.717, 1.165) is 0 Å². The van der Waals surface area contributed by atoms with E-state index in [9.17, 15) is 14.4 Å². The summed E-state index contributed by atoms with van der Waals surface area (Å²) in [4.78, 5) is 33.4. The molecule has 0 unspecified atom stereocenters. The summed E-state index contributed by atoms with van der Waals surface area (Å²) in [5, 5.41) is 0. The van der Waals surface area contributed by atoms with E-state index < -0.39 is 23.3 Å². The van der Waals surface area contributed by atoms with E-state index in [1.807, 2.05) is 0 Å². The van der Waals surface area contributed by atoms with E-state index in [0.29, 0.717) is 0 Å². The van der Waals surface area contributed by atoms with E-state index in [-0.39, 0.29) is 26.2 Å². The van der Waals surface area contributed by atoms with Gasteiger partial charge in [0.2, 0.25) is 0 Å². The van der Waals surface area contributed by atoms with Crippen molar-refractivity contribution in [3.05, 3.63) is 0 Å². The van der Waals surface area contributed by atoms with Crippen molar-refractivity contribution in [3.8, 4) is 0 Å². The van der Waals surface area contributed by atoms with Crippen molar-refractivity contribution in [3.63, 3.8) is 0 Å². The van der Waals surface area contributed by atoms with Crippen LogP contribution in [0.2, 0.25) is 0 Å². The Morgan fingerprint density at radius 1 is 1.00 bits per heavy atom. The zero-order valence-electron chi connectivity index (χ0n) is 11.3. The fourth-order valence-electron chi connectivity index (χ4n) is 1.04. The number of esters is 2. The van der Waals surface area contributed by atoms with Gasteiger partial charge in [0.15, 0.2) is 5.78 Å². The van der Waals surface area contributed by atoms with Crippen molar-refractivity contribution in [2.45, 2.75) is 39.7 Å². The second-order valence-electron chi connectivity index (χ2n) is 4.60. The molecule has 0 saturated heterocycles. The average molecular weight is 260 g/mol. The van der Waals surface area contributed by atoms with Gasteiger partial charge in [0.1, 0.15) is 25.2 Å². The van der Waals surface area contributed by atoms with Gasteiger partial charge in [-0.2, -0.15) is 0 Å². The van der Waals surface area contributed by atoms with Crippen LogP contribution in [0.3, 0.4) is 0 Å². The summed E-state index contributed by atoms with van der Waals surface area (Å²) in [6.45, 7) is 6.46. The van der Waals surface area contributed by atoms with Crippen molar-refractivity contribution in [1.82, 2.24) is 0 Å². The van der Waals surface area contributed by atoms with Crippen LogP contribution >= 0.6 is 0 Å². The van der Waals surface area contributed by atoms with Gasteiger partial charge in [0.25, 0.3) is 0 Å². The normalized spacial score (nSPS) is 10.9. The summed E-state index contributed by atoms with van der Waals surface area (Å²) < 4.78 is 14.4. The Balaban J connectivity index is 3.75. The molecule has 6 heteroatoms. The van der Waals surface area contributed by atoms with Crippen LogP contribution in [0.15, 0.2) is 0 Å². The first-order valence-corrected chi connectivity index (χ1v) is 5.71. The number of Topliss-reactive ketones (excluding diaryl/α,β-unsaturated/α-hetero) is 1. The Kier molecular flexibility index (Phi) is 7.19. The Hall–Kier alpha value is -1.43. The fraction of sp³-hybridized carbons (Fsp3) is 0.750. The molecule has 0 radical (unpaired) electrons. The monoisotopic (exact) mass is 260 g/mol. The molecule has 0 rings (SSSR count). The summed E-state index contributed by atoms with van der Waals surface area (Å²) in [5.74, 6) is -1.58. The van der Waals surface area contributed by atoms with Gasteiger partial charge >= 0.3 is 11.9 Å². The van der Waals surface area contributed by atoms with Gasteiger partial charge < -0.3 is 14.2 Å². The number of ether oxygens (including phenoxy) is 3. The molecule has 0 aromatic heterocycles. The molecular formula is C12H20O6. The van der Waals surface area contributed by atoms with E-state index in [4.69, 9.17) is 9.47 Å². The van der Waals surface area contributed by atoms with Crippen molar-refractivity contribution < 1.29 is 28.6 Å². The van der Waals surface area contributed by atoms with Crippen LogP contribution in [0.1, 0.15) is 34.1 Å². The van der Waals surface area contributed by atoms with Crippen LogP contribution in [-0.4, -0.2) is 43.1 Å². The molecule has 0 heterocycles. The first-order chi connectivity index (χ1) is 8.24. The predicted octanol–water partition coefficient (Wildman–Crippen LogP) is 0.867. The van der Waals surface area contributed by atoms with Crippen LogP contribution in [-0.2, 0) is 28.6 Å². The lowest BCUT2D eigenvalue weighted by Crippen LogP contribution is -2.27. The Morgan fingerprint density at radius 3 is 2.11 bits per heavy atom. The third kappa shape index (κ3) is 9.77. The van der Waals surface area contributed by atoms with Gasteiger partial charge in [-0.25, -0.2) is 4.79 Å². The maximum Gasteiger partial charge on any atom is 0.332 e. The fourth-order valence-corrected chi connectivity index (χ4v) is 1.04. The van der Waals surface area contributed by atoms with Crippen LogP contribution in [0, 0.1) is 0 Å². The summed E-state index contributed by atoms with van der Waals surface area (Å²) in [5.41, 5.74) is -0.588. The van der Waals surface area contributed by atoms with E-state index in [1.54, 1.807) is 27.7 Å². The maximum absolute atomic E-state index is 11.2. The number of ketones is 1. The van der Waals surface area contributed by atoms with Crippen molar-refractivity contribution in [2.24, 2.45) is 0 Å². The highest BCUT2D eigenvalue weighted by Crippen LogP contribution is 2.06. The van der Waals surface area contributed by atoms with Crippen molar-refractivity contribution in [2.75, 3.05) is 19.8 Å². The first kappa shape index (κ1) is 16.6. The number of rotatable bonds is 7. The summed E-state index contributed by atoms with van der Waals surface area (Å²) in [6, 6.07) is 0. The molecule has 0 aromatic rings. The topological polar surface area (TPSA) is 78.9 Å². The molecule has 6 nitrogen and oxygen atoms in total. The first-order valence-electron chi connectivity index (χ1n) is 5.71. The third-order valence-electron chi connectivity index (χ3n) is 1.55. The highest BCUT2D eigenvalue weighted by Gasteiger charge is 2.17. The van der Waals surface area contributed by atoms with Crippen molar-refractivity contribution in [1.29, 1.82) is 0 Å². The number of hydrogen-bond acceptors (Lipinski definition) is 6. The minimum absolute atomic E-state index is 0.227. The molecule has 0 aliphatic carbocycles. The average Bonchev–Trinajstić information content (AvgIpc) is 2.14. The Morgan fingerprint density at radius 2 is 1.61 bits per heavy atom. The zero-order valence-corrected chi connectivity index (χ0v) is 11.3. The summed E-state index contributed by atoms with van der Waals surface area (Å²) in [6.07, 6.45) is -0.345. The van der Waals surface area contributed by atoms with Gasteiger partial charge in [-0.1, -0.05) is 0 Å². The van der Waals surface area contributed by atoms with Gasteiger partial charge in [-0.15, -0.1) is 0 Å². The highest BCUT2D eigenvalue weighted by molar-refractivity contribution is 5.96. The molecule has 0 bridgehead atoms. The third-order valence-corrected chi connectivity index (χ3v) is 1.55. The molecule has 0 aliphatic heterocycles. The SMILES string of the molecule is CCOC(=O)CC(=O)COCC(=O)OC(C)(C)C. The van der Waals surface area contributed by atoms with E-state index in [1.165, 1.54) is 0 Å². The molecule has 104 valence electrons. The molecular weight excluding hydrogens is 240 g/mol. The predicted molar refractivity (Wildman–Crippen MR) is 62.9 cm³/mol. The minimum Gasteiger partial charge on any atom is -0.466 e. The molecule has 18 heavy (non-hydrogen) atoms. The molecule has 0 spiro atoms.